The number of furan rings is 1. The Morgan fingerprint density at radius 1 is 1.10 bits per heavy atom. The van der Waals surface area contributed by atoms with E-state index < -0.39 is 15.7 Å². The zero-order valence-electron chi connectivity index (χ0n) is 16.3. The lowest BCUT2D eigenvalue weighted by atomic mass is 10.1. The number of carbonyl (C=O) groups excluding carboxylic acids is 1. The predicted octanol–water partition coefficient (Wildman–Crippen LogP) is 5.59. The molecule has 2 aromatic heterocycles. The molecule has 0 aliphatic rings. The average Bonchev–Trinajstić information content (AvgIpc) is 3.35. The van der Waals surface area contributed by atoms with Crippen molar-refractivity contribution in [1.29, 1.82) is 0 Å². The zero-order valence-corrected chi connectivity index (χ0v) is 18.7. The summed E-state index contributed by atoms with van der Waals surface area (Å²) >= 11 is 7.26. The number of benzene rings is 2. The van der Waals surface area contributed by atoms with Gasteiger partial charge in [0.2, 0.25) is 0 Å². The molecule has 9 heteroatoms. The summed E-state index contributed by atoms with van der Waals surface area (Å²) in [6.45, 7) is 1.90. The predicted molar refractivity (Wildman–Crippen MR) is 121 cm³/mol. The Labute approximate surface area is 188 Å². The molecular formula is C22H17ClN2O4S2. The molecule has 0 bridgehead atoms. The summed E-state index contributed by atoms with van der Waals surface area (Å²) in [5.41, 5.74) is 1.90. The van der Waals surface area contributed by atoms with Gasteiger partial charge in [0, 0.05) is 21.0 Å². The van der Waals surface area contributed by atoms with Crippen LogP contribution in [0.25, 0.3) is 11.3 Å². The van der Waals surface area contributed by atoms with Gasteiger partial charge >= 0.3 is 0 Å². The van der Waals surface area contributed by atoms with Gasteiger partial charge in [0.25, 0.3) is 5.91 Å². The molecule has 2 aromatic carbocycles. The largest absolute Gasteiger partial charge is 0.459 e. The van der Waals surface area contributed by atoms with Crippen molar-refractivity contribution in [2.24, 2.45) is 0 Å². The normalized spacial score (nSPS) is 11.4. The summed E-state index contributed by atoms with van der Waals surface area (Å²) in [7, 11) is -3.62. The number of aryl methyl sites for hydroxylation is 1. The summed E-state index contributed by atoms with van der Waals surface area (Å²) in [6, 6.07) is 16.8. The highest BCUT2D eigenvalue weighted by Gasteiger charge is 2.23. The highest BCUT2D eigenvalue weighted by atomic mass is 35.5. The van der Waals surface area contributed by atoms with Crippen molar-refractivity contribution in [3.05, 3.63) is 88.2 Å². The Morgan fingerprint density at radius 2 is 1.81 bits per heavy atom. The molecule has 2 heterocycles. The van der Waals surface area contributed by atoms with E-state index in [1.54, 1.807) is 30.3 Å². The van der Waals surface area contributed by atoms with Crippen LogP contribution in [0.3, 0.4) is 0 Å². The quantitative estimate of drug-likeness (QED) is 0.395. The summed E-state index contributed by atoms with van der Waals surface area (Å²) < 4.78 is 30.6. The van der Waals surface area contributed by atoms with E-state index in [0.717, 1.165) is 16.1 Å². The Kier molecular flexibility index (Phi) is 5.95. The average molecular weight is 473 g/mol. The Bertz CT molecular complexity index is 1330. The van der Waals surface area contributed by atoms with Crippen LogP contribution in [0, 0.1) is 6.92 Å². The highest BCUT2D eigenvalue weighted by Crippen LogP contribution is 2.31. The summed E-state index contributed by atoms with van der Waals surface area (Å²) in [5, 5.41) is 3.72. The molecule has 0 saturated heterocycles. The lowest BCUT2D eigenvalue weighted by Gasteiger charge is -2.05. The minimum Gasteiger partial charge on any atom is -0.459 e. The summed E-state index contributed by atoms with van der Waals surface area (Å²) in [6.07, 6.45) is 1.30. The fourth-order valence-electron chi connectivity index (χ4n) is 3.04. The fourth-order valence-corrected chi connectivity index (χ4v) is 5.38. The summed E-state index contributed by atoms with van der Waals surface area (Å²) in [5.74, 6) is -0.955. The molecule has 158 valence electrons. The Hall–Kier alpha value is -2.94. The van der Waals surface area contributed by atoms with Crippen molar-refractivity contribution in [3.63, 3.8) is 0 Å². The maximum absolute atomic E-state index is 12.8. The number of halogens is 1. The number of hydrogen-bond acceptors (Lipinski definition) is 6. The van der Waals surface area contributed by atoms with Gasteiger partial charge in [0.1, 0.15) is 0 Å². The molecule has 0 aliphatic carbocycles. The molecule has 0 unspecified atom stereocenters. The second kappa shape index (κ2) is 8.66. The van der Waals surface area contributed by atoms with Crippen molar-refractivity contribution in [2.75, 3.05) is 5.32 Å². The van der Waals surface area contributed by atoms with Crippen LogP contribution in [0.15, 0.2) is 76.2 Å². The number of rotatable bonds is 6. The molecule has 0 radical (unpaired) electrons. The third-order valence-electron chi connectivity index (χ3n) is 4.54. The van der Waals surface area contributed by atoms with Crippen molar-refractivity contribution in [1.82, 2.24) is 4.98 Å². The maximum atomic E-state index is 12.8. The number of amides is 1. The van der Waals surface area contributed by atoms with E-state index >= 15 is 0 Å². The van der Waals surface area contributed by atoms with Crippen molar-refractivity contribution < 1.29 is 17.6 Å². The second-order valence-corrected chi connectivity index (χ2v) is 10.4. The monoisotopic (exact) mass is 472 g/mol. The molecule has 0 spiro atoms. The van der Waals surface area contributed by atoms with Crippen molar-refractivity contribution in [2.45, 2.75) is 17.6 Å². The number of thiazole rings is 1. The smallest absolute Gasteiger partial charge is 0.293 e. The minimum atomic E-state index is -3.62. The summed E-state index contributed by atoms with van der Waals surface area (Å²) in [4.78, 5) is 18.4. The number of nitrogens with zero attached hydrogens (tertiary/aromatic N) is 1. The van der Waals surface area contributed by atoms with Gasteiger partial charge in [0.05, 0.1) is 22.6 Å². The van der Waals surface area contributed by atoms with E-state index in [4.69, 9.17) is 16.0 Å². The molecule has 4 aromatic rings. The third kappa shape index (κ3) is 4.71. The lowest BCUT2D eigenvalue weighted by molar-refractivity contribution is 0.0996. The van der Waals surface area contributed by atoms with E-state index in [-0.39, 0.29) is 22.0 Å². The molecule has 0 atom stereocenters. The van der Waals surface area contributed by atoms with Gasteiger partial charge in [-0.2, -0.15) is 0 Å². The minimum absolute atomic E-state index is 0.0552. The molecule has 0 fully saturated rings. The van der Waals surface area contributed by atoms with E-state index in [9.17, 15) is 13.2 Å². The van der Waals surface area contributed by atoms with Crippen LogP contribution < -0.4 is 5.32 Å². The maximum Gasteiger partial charge on any atom is 0.293 e. The Morgan fingerprint density at radius 3 is 2.52 bits per heavy atom. The molecular weight excluding hydrogens is 456 g/mol. The van der Waals surface area contributed by atoms with E-state index in [2.05, 4.69) is 10.3 Å². The van der Waals surface area contributed by atoms with Gasteiger partial charge < -0.3 is 4.42 Å². The molecule has 31 heavy (non-hydrogen) atoms. The van der Waals surface area contributed by atoms with Crippen LogP contribution in [-0.4, -0.2) is 19.3 Å². The van der Waals surface area contributed by atoms with Crippen LogP contribution in [0.2, 0.25) is 5.02 Å². The van der Waals surface area contributed by atoms with Gasteiger partial charge in [-0.15, -0.1) is 11.3 Å². The molecule has 4 rings (SSSR count). The van der Waals surface area contributed by atoms with E-state index in [1.165, 1.54) is 35.8 Å². The number of aromatic nitrogens is 1. The first-order chi connectivity index (χ1) is 14.8. The molecule has 0 aliphatic heterocycles. The zero-order chi connectivity index (χ0) is 22.0. The van der Waals surface area contributed by atoms with Gasteiger partial charge in [-0.3, -0.25) is 10.1 Å². The number of hydrogen-bond donors (Lipinski definition) is 1. The fraction of sp³-hybridized carbons (Fsp3) is 0.0909. The van der Waals surface area contributed by atoms with E-state index in [1.807, 2.05) is 19.1 Å². The first-order valence-electron chi connectivity index (χ1n) is 9.22. The molecule has 0 saturated carbocycles. The Balaban J connectivity index is 1.54. The first kappa shape index (κ1) is 21.3. The number of anilines is 1. The standard InChI is InChI=1S/C22H17ClN2O4S2/c1-14-19(15-7-9-17(23)10-8-15)24-22(30-14)25-21(26)20-16(11-12-29-20)13-31(27,28)18-5-3-2-4-6-18/h2-12H,13H2,1H3,(H,24,25,26). The third-order valence-corrected chi connectivity index (χ3v) is 7.36. The van der Waals surface area contributed by atoms with Gasteiger partial charge in [-0.1, -0.05) is 41.9 Å². The van der Waals surface area contributed by atoms with Gasteiger partial charge in [-0.25, -0.2) is 13.4 Å². The topological polar surface area (TPSA) is 89.3 Å². The van der Waals surface area contributed by atoms with Crippen molar-refractivity contribution in [3.8, 4) is 11.3 Å². The lowest BCUT2D eigenvalue weighted by Crippen LogP contribution is -2.14. The van der Waals surface area contributed by atoms with Crippen LogP contribution in [0.1, 0.15) is 21.0 Å². The SMILES string of the molecule is Cc1sc(NC(=O)c2occc2CS(=O)(=O)c2ccccc2)nc1-c1ccc(Cl)cc1. The number of carbonyl (C=O) groups is 1. The molecule has 6 nitrogen and oxygen atoms in total. The second-order valence-electron chi connectivity index (χ2n) is 6.73. The van der Waals surface area contributed by atoms with Crippen LogP contribution >= 0.6 is 22.9 Å². The number of sulfone groups is 1. The van der Waals surface area contributed by atoms with Crippen LogP contribution in [0.5, 0.6) is 0 Å². The molecule has 1 N–H and O–H groups in total. The number of nitrogens with one attached hydrogen (secondary N) is 1. The highest BCUT2D eigenvalue weighted by molar-refractivity contribution is 7.90. The van der Waals surface area contributed by atoms with Gasteiger partial charge in [-0.05, 0) is 37.3 Å². The van der Waals surface area contributed by atoms with Crippen LogP contribution in [0.4, 0.5) is 5.13 Å². The van der Waals surface area contributed by atoms with Crippen molar-refractivity contribution >= 4 is 43.8 Å². The molecule has 1 amide bonds. The van der Waals surface area contributed by atoms with Crippen LogP contribution in [-0.2, 0) is 15.6 Å². The van der Waals surface area contributed by atoms with Gasteiger partial charge in [0.15, 0.2) is 20.7 Å². The first-order valence-corrected chi connectivity index (χ1v) is 12.1. The van der Waals surface area contributed by atoms with E-state index in [0.29, 0.717) is 10.2 Å².